The highest BCUT2D eigenvalue weighted by atomic mass is 19.4. The summed E-state index contributed by atoms with van der Waals surface area (Å²) in [6.45, 7) is 0. The number of alkyl halides is 3. The van der Waals surface area contributed by atoms with Crippen molar-refractivity contribution in [2.45, 2.75) is 25.4 Å². The van der Waals surface area contributed by atoms with Gasteiger partial charge in [-0.15, -0.1) is 0 Å². The van der Waals surface area contributed by atoms with E-state index >= 15 is 0 Å². The predicted molar refractivity (Wildman–Crippen MR) is 64.0 cm³/mol. The van der Waals surface area contributed by atoms with Gasteiger partial charge in [-0.05, 0) is 31.0 Å². The van der Waals surface area contributed by atoms with Gasteiger partial charge < -0.3 is 0 Å². The zero-order valence-corrected chi connectivity index (χ0v) is 9.92. The van der Waals surface area contributed by atoms with Gasteiger partial charge in [0.15, 0.2) is 5.78 Å². The molecule has 0 atom stereocenters. The molecule has 5 heteroatoms. The normalized spacial score (nSPS) is 15.6. The summed E-state index contributed by atoms with van der Waals surface area (Å²) in [5.74, 6) is 0.0237. The van der Waals surface area contributed by atoms with Crippen molar-refractivity contribution in [1.82, 2.24) is 4.98 Å². The maximum absolute atomic E-state index is 12.6. The first-order chi connectivity index (χ1) is 8.95. The Bertz CT molecular complexity index is 676. The zero-order chi connectivity index (χ0) is 13.6. The first-order valence-corrected chi connectivity index (χ1v) is 5.99. The molecule has 0 saturated heterocycles. The second-order valence-electron chi connectivity index (χ2n) is 4.66. The van der Waals surface area contributed by atoms with Crippen molar-refractivity contribution in [3.05, 3.63) is 41.1 Å². The van der Waals surface area contributed by atoms with Crippen LogP contribution in [0.25, 0.3) is 10.9 Å². The average molecular weight is 265 g/mol. The standard InChI is InChI=1S/C14H10F3NO/c15-14(16,17)9-5-4-8-6-10-11(18-12(8)7-9)2-1-3-13(10)19/h4-7H,1-3H2. The van der Waals surface area contributed by atoms with Gasteiger partial charge in [-0.3, -0.25) is 9.78 Å². The third kappa shape index (κ3) is 2.09. The van der Waals surface area contributed by atoms with E-state index in [9.17, 15) is 18.0 Å². The molecule has 98 valence electrons. The van der Waals surface area contributed by atoms with Crippen molar-refractivity contribution in [3.63, 3.8) is 0 Å². The van der Waals surface area contributed by atoms with Gasteiger partial charge in [0.25, 0.3) is 0 Å². The molecule has 2 nitrogen and oxygen atoms in total. The van der Waals surface area contributed by atoms with Gasteiger partial charge in [0.05, 0.1) is 16.8 Å². The van der Waals surface area contributed by atoms with Crippen LogP contribution < -0.4 is 0 Å². The van der Waals surface area contributed by atoms with Crippen LogP contribution in [0.5, 0.6) is 0 Å². The number of carbonyl (C=O) groups is 1. The Morgan fingerprint density at radius 1 is 1.11 bits per heavy atom. The molecule has 1 heterocycles. The number of hydrogen-bond acceptors (Lipinski definition) is 2. The summed E-state index contributed by atoms with van der Waals surface area (Å²) in [7, 11) is 0. The lowest BCUT2D eigenvalue weighted by atomic mass is 9.93. The number of pyridine rings is 1. The number of aromatic nitrogens is 1. The molecule has 1 aliphatic rings. The Morgan fingerprint density at radius 3 is 2.63 bits per heavy atom. The monoisotopic (exact) mass is 265 g/mol. The summed E-state index contributed by atoms with van der Waals surface area (Å²) in [5, 5.41) is 0.571. The van der Waals surface area contributed by atoms with Crippen molar-refractivity contribution in [2.75, 3.05) is 0 Å². The van der Waals surface area contributed by atoms with Gasteiger partial charge >= 0.3 is 6.18 Å². The lowest BCUT2D eigenvalue weighted by molar-refractivity contribution is -0.137. The molecule has 0 N–H and O–H groups in total. The van der Waals surface area contributed by atoms with E-state index in [1.807, 2.05) is 0 Å². The molecular weight excluding hydrogens is 255 g/mol. The largest absolute Gasteiger partial charge is 0.416 e. The molecule has 1 aromatic carbocycles. The highest BCUT2D eigenvalue weighted by Gasteiger charge is 2.30. The number of ketones is 1. The first kappa shape index (κ1) is 12.1. The van der Waals surface area contributed by atoms with Crippen LogP contribution in [0.1, 0.15) is 34.5 Å². The van der Waals surface area contributed by atoms with Gasteiger partial charge in [-0.2, -0.15) is 13.2 Å². The van der Waals surface area contributed by atoms with Crippen molar-refractivity contribution < 1.29 is 18.0 Å². The molecule has 0 amide bonds. The summed E-state index contributed by atoms with van der Waals surface area (Å²) in [4.78, 5) is 16.0. The maximum Gasteiger partial charge on any atom is 0.416 e. The quantitative estimate of drug-likeness (QED) is 0.725. The number of fused-ring (bicyclic) bond motifs is 2. The number of hydrogen-bond donors (Lipinski definition) is 0. The minimum absolute atomic E-state index is 0.0237. The minimum Gasteiger partial charge on any atom is -0.294 e. The molecule has 0 bridgehead atoms. The number of carbonyl (C=O) groups excluding carboxylic acids is 1. The third-order valence-corrected chi connectivity index (χ3v) is 3.34. The predicted octanol–water partition coefficient (Wildman–Crippen LogP) is 3.77. The molecule has 0 aliphatic heterocycles. The topological polar surface area (TPSA) is 30.0 Å². The van der Waals surface area contributed by atoms with Crippen LogP contribution in [-0.2, 0) is 12.6 Å². The van der Waals surface area contributed by atoms with Gasteiger partial charge in [-0.25, -0.2) is 0 Å². The Hall–Kier alpha value is -1.91. The first-order valence-electron chi connectivity index (χ1n) is 5.99. The molecule has 0 saturated carbocycles. The number of benzene rings is 1. The lowest BCUT2D eigenvalue weighted by Gasteiger charge is -2.15. The van der Waals surface area contributed by atoms with Crippen molar-refractivity contribution >= 4 is 16.7 Å². The summed E-state index contributed by atoms with van der Waals surface area (Å²) < 4.78 is 37.9. The van der Waals surface area contributed by atoms with Gasteiger partial charge in [0.2, 0.25) is 0 Å². The van der Waals surface area contributed by atoms with Crippen LogP contribution in [0, 0.1) is 0 Å². The molecule has 2 aromatic rings. The van der Waals surface area contributed by atoms with Gasteiger partial charge in [0.1, 0.15) is 0 Å². The fraction of sp³-hybridized carbons (Fsp3) is 0.286. The molecule has 19 heavy (non-hydrogen) atoms. The molecule has 1 aliphatic carbocycles. The van der Waals surface area contributed by atoms with Crippen molar-refractivity contribution in [2.24, 2.45) is 0 Å². The number of Topliss-reactive ketones (excluding diaryl/α,β-unsaturated/α-hetero) is 1. The summed E-state index contributed by atoms with van der Waals surface area (Å²) in [6, 6.07) is 5.07. The van der Waals surface area contributed by atoms with Crippen molar-refractivity contribution in [1.29, 1.82) is 0 Å². The summed E-state index contributed by atoms with van der Waals surface area (Å²) in [6.07, 6.45) is -2.53. The average Bonchev–Trinajstić information content (AvgIpc) is 2.35. The van der Waals surface area contributed by atoms with Gasteiger partial charge in [0, 0.05) is 17.4 Å². The van der Waals surface area contributed by atoms with E-state index in [0.717, 1.165) is 12.1 Å². The third-order valence-electron chi connectivity index (χ3n) is 3.34. The van der Waals surface area contributed by atoms with E-state index < -0.39 is 11.7 Å². The molecule has 0 fully saturated rings. The van der Waals surface area contributed by atoms with E-state index in [1.165, 1.54) is 6.07 Å². The molecular formula is C14H10F3NO. The fourth-order valence-corrected chi connectivity index (χ4v) is 2.37. The van der Waals surface area contributed by atoms with E-state index in [2.05, 4.69) is 4.98 Å². The Kier molecular flexibility index (Phi) is 2.59. The van der Waals surface area contributed by atoms with E-state index in [-0.39, 0.29) is 5.78 Å². The van der Waals surface area contributed by atoms with E-state index in [1.54, 1.807) is 6.07 Å². The summed E-state index contributed by atoms with van der Waals surface area (Å²) >= 11 is 0. The molecule has 0 radical (unpaired) electrons. The molecule has 1 aromatic heterocycles. The fourth-order valence-electron chi connectivity index (χ4n) is 2.37. The van der Waals surface area contributed by atoms with Crippen LogP contribution in [0.2, 0.25) is 0 Å². The second-order valence-corrected chi connectivity index (χ2v) is 4.66. The number of nitrogens with zero attached hydrogens (tertiary/aromatic N) is 1. The van der Waals surface area contributed by atoms with Crippen LogP contribution in [0.4, 0.5) is 13.2 Å². The maximum atomic E-state index is 12.6. The zero-order valence-electron chi connectivity index (χ0n) is 9.92. The Morgan fingerprint density at radius 2 is 1.89 bits per heavy atom. The van der Waals surface area contributed by atoms with Crippen LogP contribution in [-0.4, -0.2) is 10.8 Å². The molecule has 3 rings (SSSR count). The highest BCUT2D eigenvalue weighted by molar-refractivity contribution is 6.01. The Balaban J connectivity index is 2.20. The van der Waals surface area contributed by atoms with E-state index in [0.29, 0.717) is 41.4 Å². The lowest BCUT2D eigenvalue weighted by Crippen LogP contribution is -2.13. The minimum atomic E-state index is -4.37. The molecule has 0 unspecified atom stereocenters. The van der Waals surface area contributed by atoms with Crippen LogP contribution in [0.3, 0.4) is 0 Å². The van der Waals surface area contributed by atoms with Crippen LogP contribution >= 0.6 is 0 Å². The smallest absolute Gasteiger partial charge is 0.294 e. The SMILES string of the molecule is O=C1CCCc2nc3cc(C(F)(F)F)ccc3cc21. The number of halogens is 3. The second kappa shape index (κ2) is 4.05. The molecule has 0 spiro atoms. The number of aryl methyl sites for hydroxylation is 1. The van der Waals surface area contributed by atoms with E-state index in [4.69, 9.17) is 0 Å². The summed E-state index contributed by atoms with van der Waals surface area (Å²) in [5.41, 5.74) is 0.749. The number of rotatable bonds is 0. The Labute approximate surface area is 107 Å². The van der Waals surface area contributed by atoms with Gasteiger partial charge in [-0.1, -0.05) is 6.07 Å². The van der Waals surface area contributed by atoms with Crippen molar-refractivity contribution in [3.8, 4) is 0 Å². The highest BCUT2D eigenvalue weighted by Crippen LogP contribution is 2.32. The van der Waals surface area contributed by atoms with Crippen LogP contribution in [0.15, 0.2) is 24.3 Å².